The summed E-state index contributed by atoms with van der Waals surface area (Å²) in [5.74, 6) is 0.541. The van der Waals surface area contributed by atoms with Crippen LogP contribution in [0.3, 0.4) is 0 Å². The third-order valence-corrected chi connectivity index (χ3v) is 5.03. The molecule has 2 heterocycles. The van der Waals surface area contributed by atoms with Crippen LogP contribution >= 0.6 is 22.7 Å². The number of amides is 1. The first-order valence-corrected chi connectivity index (χ1v) is 8.34. The van der Waals surface area contributed by atoms with E-state index in [-0.39, 0.29) is 5.91 Å². The Hall–Kier alpha value is -2.18. The van der Waals surface area contributed by atoms with Crippen molar-refractivity contribution in [1.29, 1.82) is 0 Å². The van der Waals surface area contributed by atoms with Gasteiger partial charge in [-0.15, -0.1) is 17.9 Å². The first-order chi connectivity index (χ1) is 10.7. The van der Waals surface area contributed by atoms with Gasteiger partial charge in [0.25, 0.3) is 5.91 Å². The van der Waals surface area contributed by atoms with Gasteiger partial charge in [-0.05, 0) is 23.6 Å². The number of para-hydroxylation sites is 1. The lowest BCUT2D eigenvalue weighted by Gasteiger charge is -2.05. The number of rotatable bonds is 4. The highest BCUT2D eigenvalue weighted by atomic mass is 32.1. The van der Waals surface area contributed by atoms with Crippen molar-refractivity contribution in [2.24, 2.45) is 4.99 Å². The van der Waals surface area contributed by atoms with Gasteiger partial charge in [-0.1, -0.05) is 29.5 Å². The SMILES string of the molecule is C=CCn1c(=NC(=O)c2cccs2)sc2cccc(OC)c21. The highest BCUT2D eigenvalue weighted by molar-refractivity contribution is 7.16. The van der Waals surface area contributed by atoms with Crippen LogP contribution in [0.1, 0.15) is 9.67 Å². The Morgan fingerprint density at radius 3 is 2.95 bits per heavy atom. The van der Waals surface area contributed by atoms with Crippen molar-refractivity contribution < 1.29 is 9.53 Å². The fourth-order valence-corrected chi connectivity index (χ4v) is 3.85. The minimum atomic E-state index is -0.224. The molecule has 0 saturated carbocycles. The first kappa shape index (κ1) is 14.7. The quantitative estimate of drug-likeness (QED) is 0.685. The molecule has 0 radical (unpaired) electrons. The summed E-state index contributed by atoms with van der Waals surface area (Å²) in [5, 5.41) is 1.87. The summed E-state index contributed by atoms with van der Waals surface area (Å²) < 4.78 is 8.41. The molecule has 0 bridgehead atoms. The molecule has 6 heteroatoms. The molecular formula is C16H14N2O2S2. The van der Waals surface area contributed by atoms with Gasteiger partial charge in [-0.3, -0.25) is 4.79 Å². The van der Waals surface area contributed by atoms with Gasteiger partial charge in [-0.25, -0.2) is 0 Å². The molecule has 22 heavy (non-hydrogen) atoms. The van der Waals surface area contributed by atoms with E-state index in [0.717, 1.165) is 16.0 Å². The molecule has 3 rings (SSSR count). The number of thiophene rings is 1. The highest BCUT2D eigenvalue weighted by Gasteiger charge is 2.12. The molecule has 0 saturated heterocycles. The van der Waals surface area contributed by atoms with Gasteiger partial charge in [0.05, 0.1) is 16.7 Å². The van der Waals surface area contributed by atoms with Gasteiger partial charge in [0.1, 0.15) is 11.3 Å². The van der Waals surface area contributed by atoms with Crippen molar-refractivity contribution >= 4 is 38.8 Å². The number of nitrogens with zero attached hydrogens (tertiary/aromatic N) is 2. The summed E-state index contributed by atoms with van der Waals surface area (Å²) in [6.45, 7) is 4.35. The molecule has 0 fully saturated rings. The van der Waals surface area contributed by atoms with Crippen LogP contribution in [0.25, 0.3) is 10.2 Å². The fourth-order valence-electron chi connectivity index (χ4n) is 2.19. The number of allylic oxidation sites excluding steroid dienone is 1. The zero-order valence-electron chi connectivity index (χ0n) is 12.0. The molecule has 0 spiro atoms. The summed E-state index contributed by atoms with van der Waals surface area (Å²) in [4.78, 5) is 17.8. The van der Waals surface area contributed by atoms with Gasteiger partial charge in [0.15, 0.2) is 4.80 Å². The Bertz CT molecular complexity index is 889. The predicted molar refractivity (Wildman–Crippen MR) is 90.8 cm³/mol. The molecule has 3 aromatic rings. The summed E-state index contributed by atoms with van der Waals surface area (Å²) in [6.07, 6.45) is 1.78. The second-order valence-corrected chi connectivity index (χ2v) is 6.44. The minimum absolute atomic E-state index is 0.224. The number of carbonyl (C=O) groups is 1. The lowest BCUT2D eigenvalue weighted by molar-refractivity contribution is 0.100. The standard InChI is InChI=1S/C16H14N2O2S2/c1-3-9-18-14-11(20-2)6-4-7-12(14)22-16(18)17-15(19)13-8-5-10-21-13/h3-8,10H,1,9H2,2H3. The van der Waals surface area contributed by atoms with E-state index in [1.807, 2.05) is 34.2 Å². The van der Waals surface area contributed by atoms with E-state index in [0.29, 0.717) is 16.2 Å². The Morgan fingerprint density at radius 1 is 1.41 bits per heavy atom. The van der Waals surface area contributed by atoms with Crippen molar-refractivity contribution in [3.63, 3.8) is 0 Å². The van der Waals surface area contributed by atoms with E-state index in [2.05, 4.69) is 11.6 Å². The van der Waals surface area contributed by atoms with E-state index in [9.17, 15) is 4.79 Å². The lowest BCUT2D eigenvalue weighted by Crippen LogP contribution is -2.16. The monoisotopic (exact) mass is 330 g/mol. The van der Waals surface area contributed by atoms with Crippen molar-refractivity contribution in [3.05, 3.63) is 58.0 Å². The molecule has 1 amide bonds. The molecule has 0 aliphatic rings. The van der Waals surface area contributed by atoms with E-state index < -0.39 is 0 Å². The number of ether oxygens (including phenoxy) is 1. The lowest BCUT2D eigenvalue weighted by atomic mass is 10.3. The molecular weight excluding hydrogens is 316 g/mol. The third-order valence-electron chi connectivity index (χ3n) is 3.12. The topological polar surface area (TPSA) is 43.6 Å². The Kier molecular flexibility index (Phi) is 4.22. The number of methoxy groups -OCH3 is 1. The van der Waals surface area contributed by atoms with Crippen molar-refractivity contribution in [2.75, 3.05) is 7.11 Å². The normalized spacial score (nSPS) is 11.8. The van der Waals surface area contributed by atoms with Gasteiger partial charge in [0.2, 0.25) is 0 Å². The molecule has 0 atom stereocenters. The summed E-state index contributed by atoms with van der Waals surface area (Å²) in [7, 11) is 1.64. The van der Waals surface area contributed by atoms with Crippen molar-refractivity contribution in [3.8, 4) is 5.75 Å². The van der Waals surface area contributed by atoms with Gasteiger partial charge in [0, 0.05) is 6.54 Å². The van der Waals surface area contributed by atoms with Gasteiger partial charge < -0.3 is 9.30 Å². The zero-order chi connectivity index (χ0) is 15.5. The molecule has 112 valence electrons. The largest absolute Gasteiger partial charge is 0.495 e. The smallest absolute Gasteiger partial charge is 0.289 e. The van der Waals surface area contributed by atoms with E-state index >= 15 is 0 Å². The third kappa shape index (κ3) is 2.63. The minimum Gasteiger partial charge on any atom is -0.495 e. The van der Waals surface area contributed by atoms with Gasteiger partial charge in [-0.2, -0.15) is 4.99 Å². The van der Waals surface area contributed by atoms with Crippen LogP contribution in [-0.4, -0.2) is 17.6 Å². The van der Waals surface area contributed by atoms with Crippen molar-refractivity contribution in [1.82, 2.24) is 4.57 Å². The highest BCUT2D eigenvalue weighted by Crippen LogP contribution is 2.27. The molecule has 0 aliphatic carbocycles. The second-order valence-electron chi connectivity index (χ2n) is 4.49. The number of aromatic nitrogens is 1. The van der Waals surface area contributed by atoms with Crippen LogP contribution in [0.4, 0.5) is 0 Å². The van der Waals surface area contributed by atoms with Crippen LogP contribution in [0.15, 0.2) is 53.4 Å². The van der Waals surface area contributed by atoms with Gasteiger partial charge >= 0.3 is 0 Å². The van der Waals surface area contributed by atoms with Crippen LogP contribution in [0, 0.1) is 0 Å². The maximum atomic E-state index is 12.2. The number of carbonyl (C=O) groups excluding carboxylic acids is 1. The Labute approximate surface area is 135 Å². The number of hydrogen-bond acceptors (Lipinski definition) is 4. The Balaban J connectivity index is 2.23. The molecule has 4 nitrogen and oxygen atoms in total. The van der Waals surface area contributed by atoms with E-state index in [4.69, 9.17) is 4.74 Å². The van der Waals surface area contributed by atoms with Crippen LogP contribution in [0.5, 0.6) is 5.75 Å². The predicted octanol–water partition coefficient (Wildman–Crippen LogP) is 3.70. The fraction of sp³-hybridized carbons (Fsp3) is 0.125. The first-order valence-electron chi connectivity index (χ1n) is 6.64. The average molecular weight is 330 g/mol. The number of thiazole rings is 1. The van der Waals surface area contributed by atoms with Crippen LogP contribution in [-0.2, 0) is 6.54 Å². The molecule has 0 unspecified atom stereocenters. The maximum Gasteiger partial charge on any atom is 0.289 e. The summed E-state index contributed by atoms with van der Waals surface area (Å²) >= 11 is 2.86. The second kappa shape index (κ2) is 6.29. The molecule has 0 aliphatic heterocycles. The molecule has 2 aromatic heterocycles. The number of benzene rings is 1. The van der Waals surface area contributed by atoms with Crippen molar-refractivity contribution in [2.45, 2.75) is 6.54 Å². The van der Waals surface area contributed by atoms with Crippen LogP contribution < -0.4 is 9.54 Å². The molecule has 1 aromatic carbocycles. The van der Waals surface area contributed by atoms with Crippen LogP contribution in [0.2, 0.25) is 0 Å². The summed E-state index contributed by atoms with van der Waals surface area (Å²) in [5.41, 5.74) is 0.938. The average Bonchev–Trinajstić information content (AvgIpc) is 3.16. The van der Waals surface area contributed by atoms with E-state index in [1.165, 1.54) is 22.7 Å². The van der Waals surface area contributed by atoms with E-state index in [1.54, 1.807) is 19.3 Å². The zero-order valence-corrected chi connectivity index (χ0v) is 13.6. The molecule has 0 N–H and O–H groups in total. The maximum absolute atomic E-state index is 12.2. The summed E-state index contributed by atoms with van der Waals surface area (Å²) in [6, 6.07) is 9.46. The Morgan fingerprint density at radius 2 is 2.27 bits per heavy atom. The number of hydrogen-bond donors (Lipinski definition) is 0. The number of fused-ring (bicyclic) bond motifs is 1.